The van der Waals surface area contributed by atoms with Gasteiger partial charge in [-0.1, -0.05) is 51.8 Å². The fraction of sp³-hybridized carbons (Fsp3) is 0.526. The molecule has 1 aromatic carbocycles. The van der Waals surface area contributed by atoms with Crippen LogP contribution in [-0.4, -0.2) is 31.1 Å². The van der Waals surface area contributed by atoms with Crippen LogP contribution < -0.4 is 0 Å². The first-order chi connectivity index (χ1) is 11.2. The summed E-state index contributed by atoms with van der Waals surface area (Å²) in [5.41, 5.74) is 2.75. The number of hydrogen-bond donors (Lipinski definition) is 0. The van der Waals surface area contributed by atoms with Crippen LogP contribution in [0.3, 0.4) is 0 Å². The number of halogens is 1. The fourth-order valence-electron chi connectivity index (χ4n) is 3.88. The van der Waals surface area contributed by atoms with Crippen molar-refractivity contribution in [2.75, 3.05) is 20.2 Å². The molecule has 23 heavy (non-hydrogen) atoms. The molecule has 2 aliphatic rings. The lowest BCUT2D eigenvalue weighted by atomic mass is 9.83. The summed E-state index contributed by atoms with van der Waals surface area (Å²) < 4.78 is 6.41. The first-order valence-corrected chi connectivity index (χ1v) is 9.20. The van der Waals surface area contributed by atoms with Crippen molar-refractivity contribution in [2.24, 2.45) is 11.8 Å². The van der Waals surface area contributed by atoms with Gasteiger partial charge in [0.2, 0.25) is 0 Å². The van der Waals surface area contributed by atoms with E-state index in [0.717, 1.165) is 32.5 Å². The molecular formula is C19H24BrNO2. The third-order valence-electron chi connectivity index (χ3n) is 5.04. The number of allylic oxidation sites excluding steroid dienone is 1. The zero-order chi connectivity index (χ0) is 16.2. The number of esters is 1. The second-order valence-electron chi connectivity index (χ2n) is 6.55. The Labute approximate surface area is 146 Å². The summed E-state index contributed by atoms with van der Waals surface area (Å²) in [4.78, 5) is 14.7. The minimum atomic E-state index is -0.0658. The van der Waals surface area contributed by atoms with Gasteiger partial charge in [-0.3, -0.25) is 9.69 Å². The van der Waals surface area contributed by atoms with Crippen LogP contribution in [0, 0.1) is 11.8 Å². The number of carbonyl (C=O) groups is 1. The Balaban J connectivity index is 1.78. The number of carbonyl (C=O) groups excluding carboxylic acids is 1. The van der Waals surface area contributed by atoms with E-state index < -0.39 is 0 Å². The van der Waals surface area contributed by atoms with Crippen LogP contribution in [0.4, 0.5) is 0 Å². The number of nitrogens with zero attached hydrogens (tertiary/aromatic N) is 1. The molecule has 124 valence electrons. The van der Waals surface area contributed by atoms with Gasteiger partial charge < -0.3 is 4.74 Å². The van der Waals surface area contributed by atoms with Crippen LogP contribution in [0.25, 0.3) is 0 Å². The van der Waals surface area contributed by atoms with E-state index in [2.05, 4.69) is 45.1 Å². The van der Waals surface area contributed by atoms with Gasteiger partial charge in [0.15, 0.2) is 0 Å². The third kappa shape index (κ3) is 3.86. The summed E-state index contributed by atoms with van der Waals surface area (Å²) in [5.74, 6) is 0.189. The number of hydrogen-bond acceptors (Lipinski definition) is 3. The van der Waals surface area contributed by atoms with Crippen LogP contribution in [0.2, 0.25) is 0 Å². The maximum absolute atomic E-state index is 12.3. The molecule has 0 amide bonds. The molecular weight excluding hydrogens is 354 g/mol. The third-order valence-corrected chi connectivity index (χ3v) is 5.94. The summed E-state index contributed by atoms with van der Waals surface area (Å²) in [6.07, 6.45) is 4.69. The van der Waals surface area contributed by atoms with Crippen LogP contribution in [0.5, 0.6) is 0 Å². The minimum Gasteiger partial charge on any atom is -0.469 e. The lowest BCUT2D eigenvalue weighted by molar-refractivity contribution is -0.145. The monoisotopic (exact) mass is 377 g/mol. The van der Waals surface area contributed by atoms with Crippen molar-refractivity contribution >= 4 is 21.9 Å². The highest BCUT2D eigenvalue weighted by Crippen LogP contribution is 2.40. The Hall–Kier alpha value is -1.13. The number of methoxy groups -OCH3 is 1. The molecule has 0 radical (unpaired) electrons. The van der Waals surface area contributed by atoms with Gasteiger partial charge in [0.05, 0.1) is 13.0 Å². The maximum atomic E-state index is 12.3. The number of benzene rings is 1. The highest BCUT2D eigenvalue weighted by Gasteiger charge is 2.41. The molecule has 3 nitrogen and oxygen atoms in total. The van der Waals surface area contributed by atoms with E-state index in [1.54, 1.807) is 0 Å². The van der Waals surface area contributed by atoms with Gasteiger partial charge >= 0.3 is 5.97 Å². The van der Waals surface area contributed by atoms with E-state index in [1.165, 1.54) is 35.6 Å². The lowest BCUT2D eigenvalue weighted by Crippen LogP contribution is -2.26. The fourth-order valence-corrected chi connectivity index (χ4v) is 4.65. The van der Waals surface area contributed by atoms with Gasteiger partial charge in [-0.2, -0.15) is 0 Å². The Kier molecular flexibility index (Phi) is 5.54. The Bertz CT molecular complexity index is 584. The zero-order valence-electron chi connectivity index (χ0n) is 13.6. The second-order valence-corrected chi connectivity index (χ2v) is 7.51. The predicted octanol–water partition coefficient (Wildman–Crippen LogP) is 4.13. The highest BCUT2D eigenvalue weighted by molar-refractivity contribution is 9.11. The SMILES string of the molecule is COC(=O)[C@@H]1CN(Cc2ccccc2)C[C@H]1C1=C(Br)CCCC1. The van der Waals surface area contributed by atoms with E-state index in [9.17, 15) is 4.79 Å². The first kappa shape index (κ1) is 16.7. The molecule has 0 N–H and O–H groups in total. The molecule has 0 unspecified atom stereocenters. The van der Waals surface area contributed by atoms with Gasteiger partial charge in [-0.05, 0) is 35.7 Å². The van der Waals surface area contributed by atoms with Gasteiger partial charge in [0.1, 0.15) is 0 Å². The Morgan fingerprint density at radius 3 is 2.65 bits per heavy atom. The molecule has 0 spiro atoms. The van der Waals surface area contributed by atoms with Crippen molar-refractivity contribution in [3.63, 3.8) is 0 Å². The molecule has 1 heterocycles. The van der Waals surface area contributed by atoms with Crippen molar-refractivity contribution in [1.29, 1.82) is 0 Å². The molecule has 1 saturated heterocycles. The minimum absolute atomic E-state index is 0.0376. The van der Waals surface area contributed by atoms with E-state index in [1.807, 2.05) is 6.07 Å². The van der Waals surface area contributed by atoms with Crippen molar-refractivity contribution in [1.82, 2.24) is 4.90 Å². The summed E-state index contributed by atoms with van der Waals surface area (Å²) >= 11 is 3.76. The van der Waals surface area contributed by atoms with Crippen LogP contribution in [0.1, 0.15) is 31.2 Å². The molecule has 0 aromatic heterocycles. The standard InChI is InChI=1S/C19H24BrNO2/c1-23-19(22)17-13-21(11-14-7-3-2-4-8-14)12-16(17)15-9-5-6-10-18(15)20/h2-4,7-8,16-17H,5-6,9-13H2,1H3/t16-,17+/m0/s1. The highest BCUT2D eigenvalue weighted by atomic mass is 79.9. The second kappa shape index (κ2) is 7.63. The summed E-state index contributed by atoms with van der Waals surface area (Å²) in [5, 5.41) is 0. The molecule has 0 bridgehead atoms. The maximum Gasteiger partial charge on any atom is 0.310 e. The van der Waals surface area contributed by atoms with Gasteiger partial charge in [-0.15, -0.1) is 0 Å². The van der Waals surface area contributed by atoms with Crippen molar-refractivity contribution in [3.05, 3.63) is 46.0 Å². The van der Waals surface area contributed by atoms with E-state index in [0.29, 0.717) is 5.92 Å². The van der Waals surface area contributed by atoms with Crippen molar-refractivity contribution < 1.29 is 9.53 Å². The number of likely N-dealkylation sites (tertiary alicyclic amines) is 1. The first-order valence-electron chi connectivity index (χ1n) is 8.40. The molecule has 1 fully saturated rings. The van der Waals surface area contributed by atoms with Crippen LogP contribution >= 0.6 is 15.9 Å². The van der Waals surface area contributed by atoms with Gasteiger partial charge in [0, 0.05) is 25.6 Å². The van der Waals surface area contributed by atoms with Crippen LogP contribution in [-0.2, 0) is 16.1 Å². The van der Waals surface area contributed by atoms with E-state index >= 15 is 0 Å². The topological polar surface area (TPSA) is 29.5 Å². The van der Waals surface area contributed by atoms with Crippen molar-refractivity contribution in [3.8, 4) is 0 Å². The Morgan fingerprint density at radius 1 is 1.22 bits per heavy atom. The number of rotatable bonds is 4. The summed E-state index contributed by atoms with van der Waals surface area (Å²) in [7, 11) is 1.50. The van der Waals surface area contributed by atoms with Crippen molar-refractivity contribution in [2.45, 2.75) is 32.2 Å². The molecule has 2 atom stereocenters. The quantitative estimate of drug-likeness (QED) is 0.738. The average Bonchev–Trinajstić information content (AvgIpc) is 2.99. The van der Waals surface area contributed by atoms with E-state index in [4.69, 9.17) is 4.74 Å². The molecule has 1 aromatic rings. The molecule has 1 aliphatic heterocycles. The van der Waals surface area contributed by atoms with E-state index in [-0.39, 0.29) is 11.9 Å². The Morgan fingerprint density at radius 2 is 1.96 bits per heavy atom. The molecule has 1 aliphatic carbocycles. The largest absolute Gasteiger partial charge is 0.469 e. The molecule has 0 saturated carbocycles. The number of ether oxygens (including phenoxy) is 1. The van der Waals surface area contributed by atoms with Crippen LogP contribution in [0.15, 0.2) is 40.4 Å². The summed E-state index contributed by atoms with van der Waals surface area (Å²) in [6, 6.07) is 10.5. The normalized spacial score (nSPS) is 25.7. The molecule has 4 heteroatoms. The summed E-state index contributed by atoms with van der Waals surface area (Å²) in [6.45, 7) is 2.63. The predicted molar refractivity (Wildman–Crippen MR) is 95.1 cm³/mol. The van der Waals surface area contributed by atoms with Gasteiger partial charge in [0.25, 0.3) is 0 Å². The van der Waals surface area contributed by atoms with Gasteiger partial charge in [-0.25, -0.2) is 0 Å². The smallest absolute Gasteiger partial charge is 0.310 e. The zero-order valence-corrected chi connectivity index (χ0v) is 15.2. The molecule has 3 rings (SSSR count). The lowest BCUT2D eigenvalue weighted by Gasteiger charge is -2.25. The average molecular weight is 378 g/mol.